The molecule has 1 amide bonds. The molecular formula is C13H27BN2O5. The Morgan fingerprint density at radius 2 is 1.95 bits per heavy atom. The number of amides is 1. The van der Waals surface area contributed by atoms with Crippen molar-refractivity contribution < 1.29 is 24.7 Å². The van der Waals surface area contributed by atoms with Crippen LogP contribution < -0.4 is 11.1 Å². The standard InChI is InChI=1S/C13H27BN2O5/c1-3-9(2)12(15)13(19)16-8-10(7-11(17)18)5-4-6-14(20)21/h9-10,12,20-21H,3-8,15H2,1-2H3,(H,16,19)(H,17,18)/t9-,10+,12-/m0/s1. The van der Waals surface area contributed by atoms with Crippen molar-refractivity contribution in [2.24, 2.45) is 17.6 Å². The van der Waals surface area contributed by atoms with Crippen LogP contribution in [0.5, 0.6) is 0 Å². The van der Waals surface area contributed by atoms with Gasteiger partial charge in [0.25, 0.3) is 0 Å². The number of hydrogen-bond acceptors (Lipinski definition) is 5. The zero-order valence-corrected chi connectivity index (χ0v) is 12.8. The number of nitrogens with two attached hydrogens (primary N) is 1. The lowest BCUT2D eigenvalue weighted by atomic mass is 9.82. The van der Waals surface area contributed by atoms with Crippen LogP contribution >= 0.6 is 0 Å². The normalized spacial score (nSPS) is 15.1. The summed E-state index contributed by atoms with van der Waals surface area (Å²) >= 11 is 0. The largest absolute Gasteiger partial charge is 0.481 e. The van der Waals surface area contributed by atoms with Crippen LogP contribution in [0.1, 0.15) is 39.5 Å². The van der Waals surface area contributed by atoms with E-state index in [1.165, 1.54) is 0 Å². The molecule has 0 bridgehead atoms. The first-order chi connectivity index (χ1) is 9.77. The van der Waals surface area contributed by atoms with Gasteiger partial charge in [0.1, 0.15) is 0 Å². The molecule has 0 radical (unpaired) electrons. The number of carboxylic acid groups (broad SMARTS) is 1. The van der Waals surface area contributed by atoms with E-state index in [9.17, 15) is 9.59 Å². The fourth-order valence-electron chi connectivity index (χ4n) is 1.99. The molecule has 0 unspecified atom stereocenters. The van der Waals surface area contributed by atoms with Crippen molar-refractivity contribution >= 4 is 19.0 Å². The second kappa shape index (κ2) is 10.6. The van der Waals surface area contributed by atoms with Crippen molar-refractivity contribution in [2.75, 3.05) is 6.54 Å². The maximum atomic E-state index is 11.9. The number of carboxylic acids is 1. The SMILES string of the molecule is CC[C@H](C)[C@H](N)C(=O)NC[C@H](CCCB(O)O)CC(=O)O. The Labute approximate surface area is 126 Å². The van der Waals surface area contributed by atoms with E-state index in [1.807, 2.05) is 13.8 Å². The Bertz CT molecular complexity index is 328. The van der Waals surface area contributed by atoms with Gasteiger partial charge in [-0.3, -0.25) is 9.59 Å². The first kappa shape index (κ1) is 19.9. The van der Waals surface area contributed by atoms with Crippen LogP contribution in [0.25, 0.3) is 0 Å². The van der Waals surface area contributed by atoms with Gasteiger partial charge < -0.3 is 26.2 Å². The number of hydrogen-bond donors (Lipinski definition) is 5. The van der Waals surface area contributed by atoms with Gasteiger partial charge in [0.05, 0.1) is 6.04 Å². The molecule has 0 heterocycles. The molecule has 0 saturated heterocycles. The van der Waals surface area contributed by atoms with E-state index < -0.39 is 19.1 Å². The summed E-state index contributed by atoms with van der Waals surface area (Å²) in [6.07, 6.45) is 1.91. The van der Waals surface area contributed by atoms with E-state index in [4.69, 9.17) is 20.9 Å². The molecule has 0 aromatic carbocycles. The maximum Gasteiger partial charge on any atom is 0.451 e. The minimum absolute atomic E-state index is 0.0625. The highest BCUT2D eigenvalue weighted by Crippen LogP contribution is 2.13. The molecule has 0 aromatic heterocycles. The molecule has 0 spiro atoms. The van der Waals surface area contributed by atoms with E-state index in [1.54, 1.807) is 0 Å². The Hall–Kier alpha value is -1.12. The zero-order chi connectivity index (χ0) is 16.4. The van der Waals surface area contributed by atoms with Crippen molar-refractivity contribution in [3.05, 3.63) is 0 Å². The van der Waals surface area contributed by atoms with Gasteiger partial charge in [-0.1, -0.05) is 26.7 Å². The molecule has 21 heavy (non-hydrogen) atoms. The van der Waals surface area contributed by atoms with Crippen LogP contribution in [0.4, 0.5) is 0 Å². The fraction of sp³-hybridized carbons (Fsp3) is 0.846. The van der Waals surface area contributed by atoms with Gasteiger partial charge in [-0.2, -0.15) is 0 Å². The van der Waals surface area contributed by atoms with Gasteiger partial charge in [0.15, 0.2) is 0 Å². The van der Waals surface area contributed by atoms with Gasteiger partial charge in [0.2, 0.25) is 5.91 Å². The summed E-state index contributed by atoms with van der Waals surface area (Å²) in [7, 11) is -1.39. The summed E-state index contributed by atoms with van der Waals surface area (Å²) < 4.78 is 0. The molecule has 6 N–H and O–H groups in total. The molecule has 3 atom stereocenters. The first-order valence-electron chi connectivity index (χ1n) is 7.39. The number of carbonyl (C=O) groups excluding carboxylic acids is 1. The predicted molar refractivity (Wildman–Crippen MR) is 80.4 cm³/mol. The van der Waals surface area contributed by atoms with Crippen molar-refractivity contribution in [1.82, 2.24) is 5.32 Å². The average Bonchev–Trinajstić information content (AvgIpc) is 2.41. The molecular weight excluding hydrogens is 275 g/mol. The topological polar surface area (TPSA) is 133 Å². The van der Waals surface area contributed by atoms with Crippen LogP contribution in [0, 0.1) is 11.8 Å². The minimum Gasteiger partial charge on any atom is -0.481 e. The second-order valence-electron chi connectivity index (χ2n) is 5.53. The first-order valence-corrected chi connectivity index (χ1v) is 7.39. The van der Waals surface area contributed by atoms with Crippen molar-refractivity contribution in [1.29, 1.82) is 0 Å². The predicted octanol–water partition coefficient (Wildman–Crippen LogP) is -0.180. The summed E-state index contributed by atoms with van der Waals surface area (Å²) in [5, 5.41) is 29.1. The van der Waals surface area contributed by atoms with Gasteiger partial charge in [-0.25, -0.2) is 0 Å². The number of aliphatic carboxylic acids is 1. The van der Waals surface area contributed by atoms with E-state index in [-0.39, 0.29) is 37.0 Å². The van der Waals surface area contributed by atoms with E-state index in [0.29, 0.717) is 12.8 Å². The highest BCUT2D eigenvalue weighted by atomic mass is 16.4. The third-order valence-corrected chi connectivity index (χ3v) is 3.66. The van der Waals surface area contributed by atoms with Crippen molar-refractivity contribution in [2.45, 2.75) is 51.9 Å². The summed E-state index contributed by atoms with van der Waals surface area (Å²) in [5.74, 6) is -1.39. The lowest BCUT2D eigenvalue weighted by Crippen LogP contribution is -2.46. The molecule has 122 valence electrons. The summed E-state index contributed by atoms with van der Waals surface area (Å²) in [6, 6.07) is -0.597. The molecule has 0 rings (SSSR count). The molecule has 8 heteroatoms. The highest BCUT2D eigenvalue weighted by Gasteiger charge is 2.21. The van der Waals surface area contributed by atoms with Crippen LogP contribution in [-0.4, -0.2) is 46.7 Å². The monoisotopic (exact) mass is 302 g/mol. The highest BCUT2D eigenvalue weighted by molar-refractivity contribution is 6.40. The lowest BCUT2D eigenvalue weighted by molar-refractivity contribution is -0.138. The summed E-state index contributed by atoms with van der Waals surface area (Å²) in [4.78, 5) is 22.7. The van der Waals surface area contributed by atoms with Gasteiger partial charge in [-0.05, 0) is 24.6 Å². The maximum absolute atomic E-state index is 11.9. The molecule has 0 aliphatic rings. The summed E-state index contributed by atoms with van der Waals surface area (Å²) in [5.41, 5.74) is 5.80. The number of nitrogens with one attached hydrogen (secondary N) is 1. The quantitative estimate of drug-likeness (QED) is 0.336. The Morgan fingerprint density at radius 1 is 1.33 bits per heavy atom. The molecule has 0 fully saturated rings. The number of rotatable bonds is 11. The molecule has 7 nitrogen and oxygen atoms in total. The lowest BCUT2D eigenvalue weighted by Gasteiger charge is -2.20. The average molecular weight is 302 g/mol. The van der Waals surface area contributed by atoms with Gasteiger partial charge >= 0.3 is 13.1 Å². The second-order valence-corrected chi connectivity index (χ2v) is 5.53. The van der Waals surface area contributed by atoms with Crippen LogP contribution in [0.3, 0.4) is 0 Å². The zero-order valence-electron chi connectivity index (χ0n) is 12.8. The Kier molecular flexibility index (Phi) is 10.0. The molecule has 0 saturated carbocycles. The molecule has 0 aliphatic carbocycles. The smallest absolute Gasteiger partial charge is 0.451 e. The fourth-order valence-corrected chi connectivity index (χ4v) is 1.99. The third kappa shape index (κ3) is 9.44. The van der Waals surface area contributed by atoms with Crippen LogP contribution in [0.15, 0.2) is 0 Å². The van der Waals surface area contributed by atoms with Crippen LogP contribution in [-0.2, 0) is 9.59 Å². The molecule has 0 aromatic rings. The van der Waals surface area contributed by atoms with E-state index >= 15 is 0 Å². The van der Waals surface area contributed by atoms with Gasteiger partial charge in [0, 0.05) is 13.0 Å². The Balaban J connectivity index is 4.27. The number of carbonyl (C=O) groups is 2. The van der Waals surface area contributed by atoms with E-state index in [0.717, 1.165) is 6.42 Å². The van der Waals surface area contributed by atoms with Crippen molar-refractivity contribution in [3.63, 3.8) is 0 Å². The minimum atomic E-state index is -1.39. The van der Waals surface area contributed by atoms with Gasteiger partial charge in [-0.15, -0.1) is 0 Å². The van der Waals surface area contributed by atoms with E-state index in [2.05, 4.69) is 5.32 Å². The van der Waals surface area contributed by atoms with Crippen molar-refractivity contribution in [3.8, 4) is 0 Å². The Morgan fingerprint density at radius 3 is 2.43 bits per heavy atom. The van der Waals surface area contributed by atoms with Crippen LogP contribution in [0.2, 0.25) is 6.32 Å². The molecule has 0 aliphatic heterocycles. The third-order valence-electron chi connectivity index (χ3n) is 3.66. The summed E-state index contributed by atoms with van der Waals surface area (Å²) in [6.45, 7) is 4.07.